The Balaban J connectivity index is 2.05. The molecule has 0 aliphatic heterocycles. The lowest BCUT2D eigenvalue weighted by atomic mass is 9.97. The summed E-state index contributed by atoms with van der Waals surface area (Å²) in [5.41, 5.74) is 5.86. The van der Waals surface area contributed by atoms with Gasteiger partial charge in [0.05, 0.1) is 15.6 Å². The molecule has 0 heterocycles. The van der Waals surface area contributed by atoms with E-state index in [1.807, 2.05) is 0 Å². The van der Waals surface area contributed by atoms with Gasteiger partial charge in [-0.25, -0.2) is 13.1 Å². The molecule has 112 valence electrons. The summed E-state index contributed by atoms with van der Waals surface area (Å²) in [7, 11) is -3.59. The summed E-state index contributed by atoms with van der Waals surface area (Å²) in [5.74, 6) is 0.382. The minimum atomic E-state index is -3.59. The van der Waals surface area contributed by atoms with Crippen LogP contribution in [0.4, 0.5) is 5.69 Å². The van der Waals surface area contributed by atoms with Gasteiger partial charge in [0.1, 0.15) is 0 Å². The fourth-order valence-corrected chi connectivity index (χ4v) is 3.86. The zero-order chi connectivity index (χ0) is 14.8. The Labute approximate surface area is 124 Å². The molecule has 1 aliphatic rings. The second kappa shape index (κ2) is 6.30. The molecule has 1 aromatic carbocycles. The third-order valence-corrected chi connectivity index (χ3v) is 5.63. The highest BCUT2D eigenvalue weighted by Crippen LogP contribution is 2.31. The van der Waals surface area contributed by atoms with Crippen LogP contribution in [0.3, 0.4) is 0 Å². The van der Waals surface area contributed by atoms with Crippen LogP contribution in [0.5, 0.6) is 0 Å². The summed E-state index contributed by atoms with van der Waals surface area (Å²) in [5, 5.41) is 9.57. The molecule has 0 radical (unpaired) electrons. The Morgan fingerprint density at radius 2 is 2.05 bits per heavy atom. The Hall–Kier alpha value is -0.820. The molecule has 1 aliphatic carbocycles. The first-order valence-corrected chi connectivity index (χ1v) is 8.45. The molecule has 2 atom stereocenters. The Bertz CT molecular complexity index is 577. The summed E-state index contributed by atoms with van der Waals surface area (Å²) < 4.78 is 26.9. The highest BCUT2D eigenvalue weighted by atomic mass is 35.5. The predicted octanol–water partition coefficient (Wildman–Crippen LogP) is 1.61. The molecule has 2 rings (SSSR count). The average molecular weight is 319 g/mol. The van der Waals surface area contributed by atoms with Crippen LogP contribution < -0.4 is 10.5 Å². The Kier molecular flexibility index (Phi) is 4.90. The molecule has 5 nitrogen and oxygen atoms in total. The number of sulfonamides is 1. The van der Waals surface area contributed by atoms with Gasteiger partial charge in [0.15, 0.2) is 0 Å². The van der Waals surface area contributed by atoms with Crippen LogP contribution in [0.1, 0.15) is 19.3 Å². The highest BCUT2D eigenvalue weighted by molar-refractivity contribution is 7.89. The second-order valence-corrected chi connectivity index (χ2v) is 7.34. The summed E-state index contributed by atoms with van der Waals surface area (Å²) in [6.45, 7) is 0.455. The van der Waals surface area contributed by atoms with Gasteiger partial charge < -0.3 is 10.8 Å². The van der Waals surface area contributed by atoms with Crippen molar-refractivity contribution in [3.63, 3.8) is 0 Å². The number of nitrogens with one attached hydrogen (secondary N) is 1. The minimum Gasteiger partial charge on any atom is -0.397 e. The molecule has 7 heteroatoms. The third-order valence-electron chi connectivity index (χ3n) is 3.86. The van der Waals surface area contributed by atoms with Crippen LogP contribution in [-0.2, 0) is 10.0 Å². The number of nitrogens with two attached hydrogens (primary N) is 1. The van der Waals surface area contributed by atoms with Crippen molar-refractivity contribution in [1.82, 2.24) is 4.72 Å². The van der Waals surface area contributed by atoms with E-state index in [1.54, 1.807) is 0 Å². The lowest BCUT2D eigenvalue weighted by Crippen LogP contribution is -2.31. The van der Waals surface area contributed by atoms with Crippen LogP contribution in [0.2, 0.25) is 5.02 Å². The van der Waals surface area contributed by atoms with Gasteiger partial charge in [0.2, 0.25) is 10.0 Å². The Morgan fingerprint density at radius 1 is 1.35 bits per heavy atom. The van der Waals surface area contributed by atoms with E-state index in [0.29, 0.717) is 11.6 Å². The summed E-state index contributed by atoms with van der Waals surface area (Å²) in [6, 6.07) is 4.25. The van der Waals surface area contributed by atoms with Crippen molar-refractivity contribution in [3.8, 4) is 0 Å². The van der Waals surface area contributed by atoms with Crippen LogP contribution in [0.15, 0.2) is 23.1 Å². The third kappa shape index (κ3) is 3.44. The smallest absolute Gasteiger partial charge is 0.240 e. The van der Waals surface area contributed by atoms with Crippen LogP contribution in [0, 0.1) is 11.8 Å². The topological polar surface area (TPSA) is 92.4 Å². The zero-order valence-electron chi connectivity index (χ0n) is 11.0. The lowest BCUT2D eigenvalue weighted by molar-refractivity contribution is 0.195. The van der Waals surface area contributed by atoms with E-state index >= 15 is 0 Å². The highest BCUT2D eigenvalue weighted by Gasteiger charge is 2.28. The monoisotopic (exact) mass is 318 g/mol. The normalized spacial score (nSPS) is 23.1. The summed E-state index contributed by atoms with van der Waals surface area (Å²) >= 11 is 5.78. The van der Waals surface area contributed by atoms with E-state index in [-0.39, 0.29) is 29.0 Å². The first kappa shape index (κ1) is 15.6. The van der Waals surface area contributed by atoms with Crippen molar-refractivity contribution in [2.45, 2.75) is 24.2 Å². The van der Waals surface area contributed by atoms with Gasteiger partial charge >= 0.3 is 0 Å². The molecule has 4 N–H and O–H groups in total. The molecule has 1 saturated carbocycles. The number of rotatable bonds is 5. The summed E-state index contributed by atoms with van der Waals surface area (Å²) in [4.78, 5) is 0.109. The molecule has 2 unspecified atom stereocenters. The molecule has 1 fully saturated rings. The van der Waals surface area contributed by atoms with Crippen molar-refractivity contribution in [1.29, 1.82) is 0 Å². The zero-order valence-corrected chi connectivity index (χ0v) is 12.6. The van der Waals surface area contributed by atoms with E-state index in [9.17, 15) is 13.5 Å². The Morgan fingerprint density at radius 3 is 2.70 bits per heavy atom. The number of hydrogen-bond acceptors (Lipinski definition) is 4. The average Bonchev–Trinajstić information content (AvgIpc) is 2.87. The van der Waals surface area contributed by atoms with Gasteiger partial charge in [-0.1, -0.05) is 18.0 Å². The SMILES string of the molecule is Nc1cc(S(=O)(=O)NCC2CCCC2CO)ccc1Cl. The van der Waals surface area contributed by atoms with Crippen molar-refractivity contribution in [2.24, 2.45) is 11.8 Å². The van der Waals surface area contributed by atoms with Crippen molar-refractivity contribution >= 4 is 27.3 Å². The second-order valence-electron chi connectivity index (χ2n) is 5.17. The maximum absolute atomic E-state index is 12.2. The van der Waals surface area contributed by atoms with Crippen molar-refractivity contribution in [2.75, 3.05) is 18.9 Å². The number of aliphatic hydroxyl groups excluding tert-OH is 1. The van der Waals surface area contributed by atoms with Crippen LogP contribution in [-0.4, -0.2) is 26.7 Å². The standard InChI is InChI=1S/C13H19ClN2O3S/c14-12-5-4-11(6-13(12)15)20(18,19)16-7-9-2-1-3-10(9)8-17/h4-6,9-10,16-17H,1-3,7-8,15H2. The largest absolute Gasteiger partial charge is 0.397 e. The molecule has 1 aromatic rings. The predicted molar refractivity (Wildman–Crippen MR) is 79.0 cm³/mol. The van der Waals surface area contributed by atoms with Crippen LogP contribution >= 0.6 is 11.6 Å². The van der Waals surface area contributed by atoms with Gasteiger partial charge in [-0.15, -0.1) is 0 Å². The van der Waals surface area contributed by atoms with E-state index < -0.39 is 10.0 Å². The van der Waals surface area contributed by atoms with E-state index in [4.69, 9.17) is 17.3 Å². The number of hydrogen-bond donors (Lipinski definition) is 3. The van der Waals surface area contributed by atoms with Gasteiger partial charge in [-0.05, 0) is 42.9 Å². The van der Waals surface area contributed by atoms with Crippen LogP contribution in [0.25, 0.3) is 0 Å². The van der Waals surface area contributed by atoms with E-state index in [2.05, 4.69) is 4.72 Å². The van der Waals surface area contributed by atoms with Gasteiger partial charge in [-0.3, -0.25) is 0 Å². The number of aliphatic hydroxyl groups is 1. The van der Waals surface area contributed by atoms with Crippen molar-refractivity contribution in [3.05, 3.63) is 23.2 Å². The van der Waals surface area contributed by atoms with Gasteiger partial charge in [0.25, 0.3) is 0 Å². The van der Waals surface area contributed by atoms with E-state index in [0.717, 1.165) is 19.3 Å². The fourth-order valence-electron chi connectivity index (χ4n) is 2.61. The van der Waals surface area contributed by atoms with Gasteiger partial charge in [0, 0.05) is 13.2 Å². The number of benzene rings is 1. The number of anilines is 1. The molecule has 0 spiro atoms. The fraction of sp³-hybridized carbons (Fsp3) is 0.538. The molecular weight excluding hydrogens is 300 g/mol. The maximum atomic E-state index is 12.2. The number of nitrogen functional groups attached to an aromatic ring is 1. The van der Waals surface area contributed by atoms with Crippen molar-refractivity contribution < 1.29 is 13.5 Å². The van der Waals surface area contributed by atoms with Gasteiger partial charge in [-0.2, -0.15) is 0 Å². The first-order chi connectivity index (χ1) is 9.44. The molecule has 0 amide bonds. The molecule has 0 saturated heterocycles. The molecular formula is C13H19ClN2O3S. The van der Waals surface area contributed by atoms with E-state index in [1.165, 1.54) is 18.2 Å². The quantitative estimate of drug-likeness (QED) is 0.719. The number of halogens is 1. The molecule has 20 heavy (non-hydrogen) atoms. The molecule has 0 bridgehead atoms. The molecule has 0 aromatic heterocycles. The first-order valence-electron chi connectivity index (χ1n) is 6.59. The minimum absolute atomic E-state index is 0.109. The lowest BCUT2D eigenvalue weighted by Gasteiger charge is -2.18. The summed E-state index contributed by atoms with van der Waals surface area (Å²) in [6.07, 6.45) is 2.93. The maximum Gasteiger partial charge on any atom is 0.240 e.